The first-order valence-electron chi connectivity index (χ1n) is 4.19. The predicted octanol–water partition coefficient (Wildman–Crippen LogP) is 2.51. The van der Waals surface area contributed by atoms with E-state index in [0.29, 0.717) is 11.4 Å². The van der Waals surface area contributed by atoms with E-state index in [9.17, 15) is 5.11 Å². The molecule has 14 heavy (non-hydrogen) atoms. The summed E-state index contributed by atoms with van der Waals surface area (Å²) < 4.78 is 6.16. The van der Waals surface area contributed by atoms with E-state index in [0.717, 1.165) is 15.0 Å². The lowest BCUT2D eigenvalue weighted by molar-refractivity contribution is 0.414. The van der Waals surface area contributed by atoms with Gasteiger partial charge >= 0.3 is 0 Å². The SMILES string of the molecule is COc1cc(O)c(N)c2cc(C)sc12. The largest absolute Gasteiger partial charge is 0.506 e. The van der Waals surface area contributed by atoms with Crippen LogP contribution in [0.25, 0.3) is 10.1 Å². The Bertz CT molecular complexity index is 490. The molecule has 0 bridgehead atoms. The van der Waals surface area contributed by atoms with Gasteiger partial charge in [0.05, 0.1) is 17.5 Å². The van der Waals surface area contributed by atoms with Crippen molar-refractivity contribution in [1.82, 2.24) is 0 Å². The molecule has 0 saturated heterocycles. The molecule has 0 aliphatic rings. The summed E-state index contributed by atoms with van der Waals surface area (Å²) in [6.45, 7) is 2.00. The van der Waals surface area contributed by atoms with Gasteiger partial charge in [-0.2, -0.15) is 0 Å². The van der Waals surface area contributed by atoms with Crippen LogP contribution in [0.1, 0.15) is 4.88 Å². The number of ether oxygens (including phenoxy) is 1. The van der Waals surface area contributed by atoms with Crippen molar-refractivity contribution in [1.29, 1.82) is 0 Å². The highest BCUT2D eigenvalue weighted by molar-refractivity contribution is 7.19. The van der Waals surface area contributed by atoms with Crippen molar-refractivity contribution in [3.05, 3.63) is 17.0 Å². The number of anilines is 1. The second-order valence-corrected chi connectivity index (χ2v) is 4.37. The van der Waals surface area contributed by atoms with E-state index in [2.05, 4.69) is 0 Å². The molecule has 0 fully saturated rings. The van der Waals surface area contributed by atoms with Crippen LogP contribution < -0.4 is 10.5 Å². The highest BCUT2D eigenvalue weighted by atomic mass is 32.1. The van der Waals surface area contributed by atoms with Crippen molar-refractivity contribution >= 4 is 27.1 Å². The Balaban J connectivity index is 2.88. The summed E-state index contributed by atoms with van der Waals surface area (Å²) in [4.78, 5) is 1.15. The first kappa shape index (κ1) is 9.15. The molecule has 1 aromatic heterocycles. The number of nitrogen functional groups attached to an aromatic ring is 1. The normalized spacial score (nSPS) is 10.7. The van der Waals surface area contributed by atoms with Crippen LogP contribution in [0.15, 0.2) is 12.1 Å². The van der Waals surface area contributed by atoms with E-state index >= 15 is 0 Å². The van der Waals surface area contributed by atoms with Crippen LogP contribution in [0.2, 0.25) is 0 Å². The summed E-state index contributed by atoms with van der Waals surface area (Å²) >= 11 is 1.61. The van der Waals surface area contributed by atoms with Crippen LogP contribution in [0.5, 0.6) is 11.5 Å². The summed E-state index contributed by atoms with van der Waals surface area (Å²) in [5.74, 6) is 0.747. The fraction of sp³-hybridized carbons (Fsp3) is 0.200. The second kappa shape index (κ2) is 3.06. The van der Waals surface area contributed by atoms with Gasteiger partial charge < -0.3 is 15.6 Å². The molecule has 0 aliphatic carbocycles. The minimum atomic E-state index is 0.0761. The van der Waals surface area contributed by atoms with E-state index in [4.69, 9.17) is 10.5 Å². The minimum absolute atomic E-state index is 0.0761. The number of fused-ring (bicyclic) bond motifs is 1. The number of aryl methyl sites for hydroxylation is 1. The van der Waals surface area contributed by atoms with Crippen LogP contribution in [0, 0.1) is 6.92 Å². The van der Waals surface area contributed by atoms with Crippen LogP contribution in [0.3, 0.4) is 0 Å². The van der Waals surface area contributed by atoms with Crippen molar-refractivity contribution in [3.8, 4) is 11.5 Å². The number of nitrogens with two attached hydrogens (primary N) is 1. The van der Waals surface area contributed by atoms with Crippen molar-refractivity contribution in [2.45, 2.75) is 6.92 Å². The fourth-order valence-electron chi connectivity index (χ4n) is 1.45. The maximum absolute atomic E-state index is 9.54. The zero-order chi connectivity index (χ0) is 10.3. The molecule has 0 unspecified atom stereocenters. The summed E-state index contributed by atoms with van der Waals surface area (Å²) in [6, 6.07) is 3.51. The molecule has 74 valence electrons. The molecule has 0 atom stereocenters. The number of hydrogen-bond donors (Lipinski definition) is 2. The number of phenols is 1. The molecular weight excluding hydrogens is 198 g/mol. The smallest absolute Gasteiger partial charge is 0.142 e. The second-order valence-electron chi connectivity index (χ2n) is 3.11. The summed E-state index contributed by atoms with van der Waals surface area (Å²) in [5, 5.41) is 10.4. The molecule has 0 spiro atoms. The molecule has 0 amide bonds. The third-order valence-electron chi connectivity index (χ3n) is 2.13. The van der Waals surface area contributed by atoms with Crippen molar-refractivity contribution < 1.29 is 9.84 Å². The number of benzene rings is 1. The summed E-state index contributed by atoms with van der Waals surface area (Å²) in [5.41, 5.74) is 6.18. The van der Waals surface area contributed by atoms with E-state index < -0.39 is 0 Å². The molecule has 0 radical (unpaired) electrons. The summed E-state index contributed by atoms with van der Waals surface area (Å²) in [7, 11) is 1.58. The Kier molecular flexibility index (Phi) is 2.00. The van der Waals surface area contributed by atoms with Gasteiger partial charge in [-0.25, -0.2) is 0 Å². The van der Waals surface area contributed by atoms with Crippen LogP contribution in [-0.2, 0) is 0 Å². The molecule has 4 heteroatoms. The zero-order valence-corrected chi connectivity index (χ0v) is 8.81. The minimum Gasteiger partial charge on any atom is -0.506 e. The fourth-order valence-corrected chi connectivity index (χ4v) is 2.47. The van der Waals surface area contributed by atoms with Gasteiger partial charge in [0.15, 0.2) is 0 Å². The van der Waals surface area contributed by atoms with Crippen molar-refractivity contribution in [2.24, 2.45) is 0 Å². The molecule has 0 saturated carbocycles. The Hall–Kier alpha value is -1.42. The number of thiophene rings is 1. The van der Waals surface area contributed by atoms with E-state index in [1.54, 1.807) is 24.5 Å². The number of phenolic OH excluding ortho intramolecular Hbond substituents is 1. The van der Waals surface area contributed by atoms with Gasteiger partial charge in [0.25, 0.3) is 0 Å². The quantitative estimate of drug-likeness (QED) is 0.560. The highest BCUT2D eigenvalue weighted by Gasteiger charge is 2.11. The average Bonchev–Trinajstić information content (AvgIpc) is 2.54. The molecule has 2 aromatic rings. The topological polar surface area (TPSA) is 55.5 Å². The van der Waals surface area contributed by atoms with E-state index in [-0.39, 0.29) is 5.75 Å². The van der Waals surface area contributed by atoms with E-state index in [1.165, 1.54) is 0 Å². The molecule has 2 rings (SSSR count). The third kappa shape index (κ3) is 1.19. The molecule has 3 N–H and O–H groups in total. The van der Waals surface area contributed by atoms with Gasteiger partial charge in [0, 0.05) is 16.3 Å². The van der Waals surface area contributed by atoms with E-state index in [1.807, 2.05) is 13.0 Å². The maximum atomic E-state index is 9.54. The molecule has 3 nitrogen and oxygen atoms in total. The Morgan fingerprint density at radius 2 is 2.14 bits per heavy atom. The lowest BCUT2D eigenvalue weighted by Gasteiger charge is -2.05. The average molecular weight is 209 g/mol. The van der Waals surface area contributed by atoms with Gasteiger partial charge in [-0.05, 0) is 13.0 Å². The Morgan fingerprint density at radius 3 is 2.79 bits per heavy atom. The van der Waals surface area contributed by atoms with Gasteiger partial charge in [-0.15, -0.1) is 11.3 Å². The summed E-state index contributed by atoms with van der Waals surface area (Å²) in [6.07, 6.45) is 0. The molecule has 1 aromatic carbocycles. The first-order chi connectivity index (χ1) is 6.63. The number of aromatic hydroxyl groups is 1. The van der Waals surface area contributed by atoms with Gasteiger partial charge in [0.2, 0.25) is 0 Å². The predicted molar refractivity (Wildman–Crippen MR) is 59.2 cm³/mol. The number of hydrogen-bond acceptors (Lipinski definition) is 4. The monoisotopic (exact) mass is 209 g/mol. The molecule has 0 aliphatic heterocycles. The third-order valence-corrected chi connectivity index (χ3v) is 3.20. The zero-order valence-electron chi connectivity index (χ0n) is 8.00. The van der Waals surface area contributed by atoms with Gasteiger partial charge in [0.1, 0.15) is 11.5 Å². The van der Waals surface area contributed by atoms with Gasteiger partial charge in [-0.1, -0.05) is 0 Å². The lowest BCUT2D eigenvalue weighted by atomic mass is 10.2. The maximum Gasteiger partial charge on any atom is 0.142 e. The van der Waals surface area contributed by atoms with Gasteiger partial charge in [-0.3, -0.25) is 0 Å². The lowest BCUT2D eigenvalue weighted by Crippen LogP contribution is -1.89. The standard InChI is InChI=1S/C10H11NO2S/c1-5-3-6-9(11)7(12)4-8(13-2)10(6)14-5/h3-4,12H,11H2,1-2H3. The van der Waals surface area contributed by atoms with Crippen LogP contribution >= 0.6 is 11.3 Å². The molecule has 1 heterocycles. The highest BCUT2D eigenvalue weighted by Crippen LogP contribution is 2.41. The number of methoxy groups -OCH3 is 1. The number of rotatable bonds is 1. The first-order valence-corrected chi connectivity index (χ1v) is 5.00. The van der Waals surface area contributed by atoms with Crippen molar-refractivity contribution in [3.63, 3.8) is 0 Å². The van der Waals surface area contributed by atoms with Crippen molar-refractivity contribution in [2.75, 3.05) is 12.8 Å². The molecular formula is C10H11NO2S. The van der Waals surface area contributed by atoms with Crippen LogP contribution in [-0.4, -0.2) is 12.2 Å². The Morgan fingerprint density at radius 1 is 1.43 bits per heavy atom. The Labute approximate surface area is 85.7 Å². The van der Waals surface area contributed by atoms with Crippen LogP contribution in [0.4, 0.5) is 5.69 Å².